The van der Waals surface area contributed by atoms with E-state index in [-0.39, 0.29) is 5.75 Å². The van der Waals surface area contributed by atoms with Gasteiger partial charge < -0.3 is 9.64 Å². The highest BCUT2D eigenvalue weighted by molar-refractivity contribution is 5.60. The second kappa shape index (κ2) is 7.64. The van der Waals surface area contributed by atoms with E-state index in [9.17, 15) is 13.2 Å². The van der Waals surface area contributed by atoms with E-state index in [1.54, 1.807) is 10.9 Å². The predicted molar refractivity (Wildman–Crippen MR) is 99.5 cm³/mol. The van der Waals surface area contributed by atoms with Gasteiger partial charge in [-0.3, -0.25) is 0 Å². The summed E-state index contributed by atoms with van der Waals surface area (Å²) in [5.74, 6) is 6.47. The number of hydrogen-bond acceptors (Lipinski definition) is 4. The zero-order chi connectivity index (χ0) is 20.3. The fourth-order valence-corrected chi connectivity index (χ4v) is 2.55. The molecule has 0 saturated carbocycles. The minimum Gasteiger partial charge on any atom is -0.406 e. The monoisotopic (exact) mass is 386 g/mol. The van der Waals surface area contributed by atoms with Crippen LogP contribution in [0.15, 0.2) is 48.7 Å². The largest absolute Gasteiger partial charge is 0.573 e. The third-order valence-electron chi connectivity index (χ3n) is 3.82. The van der Waals surface area contributed by atoms with E-state index in [4.69, 9.17) is 0 Å². The first-order chi connectivity index (χ1) is 13.2. The normalized spacial score (nSPS) is 10.9. The van der Waals surface area contributed by atoms with Gasteiger partial charge in [0, 0.05) is 20.3 Å². The number of anilines is 1. The summed E-state index contributed by atoms with van der Waals surface area (Å²) >= 11 is 0. The van der Waals surface area contributed by atoms with Crippen LogP contribution in [0.5, 0.6) is 5.75 Å². The van der Waals surface area contributed by atoms with Crippen LogP contribution in [0.3, 0.4) is 0 Å². The van der Waals surface area contributed by atoms with Crippen molar-refractivity contribution in [2.75, 3.05) is 19.0 Å². The Labute approximate surface area is 160 Å². The number of hydrogen-bond donors (Lipinski definition) is 0. The van der Waals surface area contributed by atoms with Crippen molar-refractivity contribution in [1.29, 1.82) is 0 Å². The SMILES string of the molecule is Cc1c(C#Cc2ccccn2)c(N(C)C)nn1-c1ccc(OC(F)(F)F)cc1. The van der Waals surface area contributed by atoms with Crippen molar-refractivity contribution in [3.8, 4) is 23.3 Å². The lowest BCUT2D eigenvalue weighted by Crippen LogP contribution is -2.17. The molecule has 3 aromatic rings. The standard InChI is InChI=1S/C20H17F3N4O/c1-14-18(12-7-15-6-4-5-13-24-15)19(26(2)3)25-27(14)16-8-10-17(11-9-16)28-20(21,22)23/h4-6,8-11,13H,1-3H3. The van der Waals surface area contributed by atoms with E-state index in [2.05, 4.69) is 26.7 Å². The molecular formula is C20H17F3N4O. The number of alkyl halides is 3. The smallest absolute Gasteiger partial charge is 0.406 e. The van der Waals surface area contributed by atoms with Gasteiger partial charge >= 0.3 is 6.36 Å². The van der Waals surface area contributed by atoms with Crippen LogP contribution in [-0.2, 0) is 0 Å². The quantitative estimate of drug-likeness (QED) is 0.640. The van der Waals surface area contributed by atoms with Gasteiger partial charge in [0.1, 0.15) is 11.4 Å². The average Bonchev–Trinajstić information content (AvgIpc) is 2.97. The molecule has 0 spiro atoms. The summed E-state index contributed by atoms with van der Waals surface area (Å²) in [7, 11) is 3.69. The highest BCUT2D eigenvalue weighted by Crippen LogP contribution is 2.26. The Balaban J connectivity index is 1.98. The first-order valence-corrected chi connectivity index (χ1v) is 8.31. The number of halogens is 3. The Morgan fingerprint density at radius 2 is 1.75 bits per heavy atom. The van der Waals surface area contributed by atoms with Crippen LogP contribution in [0.4, 0.5) is 19.0 Å². The van der Waals surface area contributed by atoms with Gasteiger partial charge in [-0.1, -0.05) is 12.0 Å². The van der Waals surface area contributed by atoms with Crippen molar-refractivity contribution < 1.29 is 17.9 Å². The fourth-order valence-electron chi connectivity index (χ4n) is 2.55. The van der Waals surface area contributed by atoms with Crippen molar-refractivity contribution in [2.45, 2.75) is 13.3 Å². The number of pyridine rings is 1. The van der Waals surface area contributed by atoms with Crippen molar-refractivity contribution in [3.05, 3.63) is 65.6 Å². The molecule has 144 valence electrons. The topological polar surface area (TPSA) is 43.2 Å². The predicted octanol–water partition coefficient (Wildman–Crippen LogP) is 3.94. The fraction of sp³-hybridized carbons (Fsp3) is 0.200. The van der Waals surface area contributed by atoms with Crippen LogP contribution >= 0.6 is 0 Å². The third-order valence-corrected chi connectivity index (χ3v) is 3.82. The summed E-state index contributed by atoms with van der Waals surface area (Å²) in [6.45, 7) is 1.85. The maximum Gasteiger partial charge on any atom is 0.573 e. The highest BCUT2D eigenvalue weighted by Gasteiger charge is 2.31. The Bertz CT molecular complexity index is 1010. The molecule has 0 aliphatic heterocycles. The van der Waals surface area contributed by atoms with Gasteiger partial charge in [-0.05, 0) is 49.2 Å². The van der Waals surface area contributed by atoms with Gasteiger partial charge in [-0.2, -0.15) is 0 Å². The van der Waals surface area contributed by atoms with E-state index < -0.39 is 6.36 Å². The van der Waals surface area contributed by atoms with Crippen LogP contribution in [0.1, 0.15) is 17.0 Å². The number of ether oxygens (including phenoxy) is 1. The first kappa shape index (κ1) is 19.3. The molecule has 8 heteroatoms. The lowest BCUT2D eigenvalue weighted by molar-refractivity contribution is -0.274. The maximum atomic E-state index is 12.3. The Morgan fingerprint density at radius 1 is 1.04 bits per heavy atom. The molecule has 2 aromatic heterocycles. The molecule has 0 radical (unpaired) electrons. The Kier molecular flexibility index (Phi) is 5.27. The van der Waals surface area contributed by atoms with Crippen LogP contribution in [0, 0.1) is 18.8 Å². The van der Waals surface area contributed by atoms with Gasteiger partial charge in [-0.25, -0.2) is 9.67 Å². The average molecular weight is 386 g/mol. The molecule has 0 N–H and O–H groups in total. The van der Waals surface area contributed by atoms with Crippen LogP contribution in [0.25, 0.3) is 5.69 Å². The van der Waals surface area contributed by atoms with Crippen molar-refractivity contribution in [1.82, 2.24) is 14.8 Å². The molecule has 0 unspecified atom stereocenters. The molecule has 0 fully saturated rings. The van der Waals surface area contributed by atoms with Gasteiger partial charge in [0.25, 0.3) is 0 Å². The Morgan fingerprint density at radius 3 is 2.32 bits per heavy atom. The lowest BCUT2D eigenvalue weighted by Gasteiger charge is -2.10. The van der Waals surface area contributed by atoms with Gasteiger partial charge in [0.05, 0.1) is 16.9 Å². The molecule has 0 aliphatic rings. The third kappa shape index (κ3) is 4.43. The van der Waals surface area contributed by atoms with Crippen LogP contribution in [0.2, 0.25) is 0 Å². The molecular weight excluding hydrogens is 369 g/mol. The number of nitrogens with zero attached hydrogens (tertiary/aromatic N) is 4. The van der Waals surface area contributed by atoms with Crippen molar-refractivity contribution >= 4 is 5.82 Å². The van der Waals surface area contributed by atoms with Crippen LogP contribution < -0.4 is 9.64 Å². The summed E-state index contributed by atoms with van der Waals surface area (Å²) in [5, 5.41) is 4.55. The molecule has 0 aliphatic carbocycles. The van der Waals surface area contributed by atoms with Crippen molar-refractivity contribution in [3.63, 3.8) is 0 Å². The zero-order valence-electron chi connectivity index (χ0n) is 15.4. The van der Waals surface area contributed by atoms with E-state index >= 15 is 0 Å². The molecule has 1 aromatic carbocycles. The highest BCUT2D eigenvalue weighted by atomic mass is 19.4. The minimum atomic E-state index is -4.73. The molecule has 0 atom stereocenters. The molecule has 0 bridgehead atoms. The molecule has 5 nitrogen and oxygen atoms in total. The van der Waals surface area contributed by atoms with E-state index in [1.165, 1.54) is 24.3 Å². The maximum absolute atomic E-state index is 12.3. The van der Waals surface area contributed by atoms with E-state index in [0.717, 1.165) is 5.69 Å². The summed E-state index contributed by atoms with van der Waals surface area (Å²) in [6, 6.07) is 11.0. The summed E-state index contributed by atoms with van der Waals surface area (Å²) in [5.41, 5.74) is 2.71. The lowest BCUT2D eigenvalue weighted by atomic mass is 10.2. The van der Waals surface area contributed by atoms with Gasteiger partial charge in [0.15, 0.2) is 5.82 Å². The molecule has 2 heterocycles. The molecule has 0 amide bonds. The summed E-state index contributed by atoms with van der Waals surface area (Å²) < 4.78 is 42.5. The number of aromatic nitrogens is 3. The Hall–Kier alpha value is -3.47. The second-order valence-corrected chi connectivity index (χ2v) is 6.10. The van der Waals surface area contributed by atoms with Gasteiger partial charge in [-0.15, -0.1) is 18.3 Å². The zero-order valence-corrected chi connectivity index (χ0v) is 15.4. The summed E-state index contributed by atoms with van der Waals surface area (Å²) in [4.78, 5) is 6.01. The van der Waals surface area contributed by atoms with Crippen molar-refractivity contribution in [2.24, 2.45) is 0 Å². The molecule has 3 rings (SSSR count). The first-order valence-electron chi connectivity index (χ1n) is 8.31. The van der Waals surface area contributed by atoms with E-state index in [1.807, 2.05) is 44.1 Å². The second-order valence-electron chi connectivity index (χ2n) is 6.10. The van der Waals surface area contributed by atoms with Crippen LogP contribution in [-0.4, -0.2) is 35.2 Å². The minimum absolute atomic E-state index is 0.288. The molecule has 28 heavy (non-hydrogen) atoms. The number of rotatable bonds is 3. The number of benzene rings is 1. The van der Waals surface area contributed by atoms with Gasteiger partial charge in [0.2, 0.25) is 0 Å². The summed E-state index contributed by atoms with van der Waals surface area (Å²) in [6.07, 6.45) is -3.06. The molecule has 0 saturated heterocycles. The van der Waals surface area contributed by atoms with E-state index in [0.29, 0.717) is 22.8 Å².